The highest BCUT2D eigenvalue weighted by molar-refractivity contribution is 7.99. The Morgan fingerprint density at radius 3 is 2.44 bits per heavy atom. The van der Waals surface area contributed by atoms with Gasteiger partial charge in [0.05, 0.1) is 5.75 Å². The van der Waals surface area contributed by atoms with Crippen molar-refractivity contribution in [1.29, 1.82) is 0 Å². The number of amides is 1. The second kappa shape index (κ2) is 8.06. The molecule has 9 nitrogen and oxygen atoms in total. The molecule has 2 aromatic rings. The van der Waals surface area contributed by atoms with Crippen LogP contribution in [0.2, 0.25) is 0 Å². The summed E-state index contributed by atoms with van der Waals surface area (Å²) in [5, 5.41) is 25.0. The molecule has 0 aromatic carbocycles. The topological polar surface area (TPSA) is 101 Å². The lowest BCUT2D eigenvalue weighted by molar-refractivity contribution is -0.301. The van der Waals surface area contributed by atoms with Crippen molar-refractivity contribution in [1.82, 2.24) is 29.6 Å². The first-order chi connectivity index (χ1) is 14.7. The number of alkyl halides is 6. The number of aromatic nitrogens is 5. The summed E-state index contributed by atoms with van der Waals surface area (Å²) < 4.78 is 81.0. The SMILES string of the molecule is CCn1c(SCC(=O)N2N=C(C)C[C@@]2(O)C(F)(F)F)nnc1-c1cc(C(F)(F)F)n(C)n1. The molecule has 1 N–H and O–H groups in total. The van der Waals surface area contributed by atoms with Crippen LogP contribution >= 0.6 is 11.8 Å². The molecule has 0 bridgehead atoms. The molecule has 0 saturated carbocycles. The number of hydrogen-bond donors (Lipinski definition) is 1. The van der Waals surface area contributed by atoms with Crippen molar-refractivity contribution >= 4 is 23.4 Å². The van der Waals surface area contributed by atoms with Crippen LogP contribution in [0.3, 0.4) is 0 Å². The Labute approximate surface area is 181 Å². The van der Waals surface area contributed by atoms with Gasteiger partial charge in [-0.25, -0.2) is 0 Å². The summed E-state index contributed by atoms with van der Waals surface area (Å²) in [4.78, 5) is 12.4. The average molecular weight is 485 g/mol. The molecule has 1 atom stereocenters. The summed E-state index contributed by atoms with van der Waals surface area (Å²) in [5.41, 5.74) is -4.63. The molecule has 0 saturated heterocycles. The summed E-state index contributed by atoms with van der Waals surface area (Å²) >= 11 is 0.705. The van der Waals surface area contributed by atoms with E-state index in [0.29, 0.717) is 16.4 Å². The van der Waals surface area contributed by atoms with E-state index in [2.05, 4.69) is 20.4 Å². The first-order valence-corrected chi connectivity index (χ1v) is 10.0. The van der Waals surface area contributed by atoms with Gasteiger partial charge in [-0.1, -0.05) is 11.8 Å². The number of hydrazone groups is 1. The van der Waals surface area contributed by atoms with E-state index >= 15 is 0 Å². The van der Waals surface area contributed by atoms with Crippen molar-refractivity contribution in [3.63, 3.8) is 0 Å². The summed E-state index contributed by atoms with van der Waals surface area (Å²) in [6.07, 6.45) is -10.6. The predicted molar refractivity (Wildman–Crippen MR) is 99.2 cm³/mol. The highest BCUT2D eigenvalue weighted by Crippen LogP contribution is 2.40. The molecule has 0 fully saturated rings. The maximum atomic E-state index is 13.3. The molecular formula is C16H17F6N7O2S. The van der Waals surface area contributed by atoms with E-state index in [-0.39, 0.29) is 33.9 Å². The zero-order valence-corrected chi connectivity index (χ0v) is 17.7. The Balaban J connectivity index is 1.82. The normalized spacial score (nSPS) is 19.6. The van der Waals surface area contributed by atoms with Gasteiger partial charge in [0.25, 0.3) is 11.6 Å². The maximum Gasteiger partial charge on any atom is 0.438 e. The van der Waals surface area contributed by atoms with Crippen molar-refractivity contribution in [2.24, 2.45) is 12.1 Å². The van der Waals surface area contributed by atoms with Crippen LogP contribution in [-0.2, 0) is 24.6 Å². The molecule has 0 aliphatic carbocycles. The van der Waals surface area contributed by atoms with Crippen LogP contribution in [0.25, 0.3) is 11.5 Å². The smallest absolute Gasteiger partial charge is 0.362 e. The van der Waals surface area contributed by atoms with Gasteiger partial charge in [-0.2, -0.15) is 41.6 Å². The van der Waals surface area contributed by atoms with Crippen molar-refractivity contribution in [3.8, 4) is 11.5 Å². The van der Waals surface area contributed by atoms with Crippen molar-refractivity contribution in [3.05, 3.63) is 11.8 Å². The van der Waals surface area contributed by atoms with Gasteiger partial charge in [-0.15, -0.1) is 10.2 Å². The Bertz CT molecular complexity index is 1060. The minimum absolute atomic E-state index is 0.00272. The molecule has 1 amide bonds. The largest absolute Gasteiger partial charge is 0.438 e. The Kier molecular flexibility index (Phi) is 6.05. The molecule has 3 rings (SSSR count). The highest BCUT2D eigenvalue weighted by atomic mass is 32.2. The second-order valence-electron chi connectivity index (χ2n) is 6.91. The maximum absolute atomic E-state index is 13.3. The number of carbonyl (C=O) groups is 1. The van der Waals surface area contributed by atoms with E-state index in [1.165, 1.54) is 11.5 Å². The van der Waals surface area contributed by atoms with Crippen molar-refractivity contribution in [2.45, 2.75) is 50.0 Å². The fourth-order valence-corrected chi connectivity index (χ4v) is 3.95. The van der Waals surface area contributed by atoms with E-state index in [1.807, 2.05) is 0 Å². The molecule has 0 radical (unpaired) electrons. The van der Waals surface area contributed by atoms with E-state index in [4.69, 9.17) is 0 Å². The van der Waals surface area contributed by atoms with Crippen molar-refractivity contribution in [2.75, 3.05) is 5.75 Å². The number of aliphatic hydroxyl groups is 1. The summed E-state index contributed by atoms with van der Waals surface area (Å²) in [6, 6.07) is 0.793. The third-order valence-corrected chi connectivity index (χ3v) is 5.52. The Morgan fingerprint density at radius 1 is 1.25 bits per heavy atom. The van der Waals surface area contributed by atoms with Gasteiger partial charge in [0.1, 0.15) is 11.4 Å². The van der Waals surface area contributed by atoms with Gasteiger partial charge in [0.15, 0.2) is 11.0 Å². The molecule has 0 unspecified atom stereocenters. The van der Waals surface area contributed by atoms with Crippen LogP contribution in [0.1, 0.15) is 26.0 Å². The first-order valence-electron chi connectivity index (χ1n) is 9.03. The van der Waals surface area contributed by atoms with Crippen LogP contribution in [-0.4, -0.2) is 63.9 Å². The van der Waals surface area contributed by atoms with E-state index in [0.717, 1.165) is 13.1 Å². The zero-order valence-electron chi connectivity index (χ0n) is 16.9. The lowest BCUT2D eigenvalue weighted by Gasteiger charge is -2.32. The standard InChI is InChI=1S/C16H17F6N7O2S/c1-4-28-12(9-5-10(15(17,18)19)27(3)26-9)23-24-13(28)32-7-11(30)29-14(31,16(20,21)22)6-8(2)25-29/h5,31H,4,6-7H2,1-3H3/t14-/m1/s1. The summed E-state index contributed by atoms with van der Waals surface area (Å²) in [5.74, 6) is -1.71. The monoisotopic (exact) mass is 485 g/mol. The lowest BCUT2D eigenvalue weighted by atomic mass is 10.1. The molecule has 0 spiro atoms. The van der Waals surface area contributed by atoms with E-state index in [9.17, 15) is 36.2 Å². The number of hydrogen-bond acceptors (Lipinski definition) is 7. The first kappa shape index (κ1) is 24.0. The third kappa shape index (κ3) is 4.20. The number of carbonyl (C=O) groups excluding carboxylic acids is 1. The number of rotatable bonds is 5. The average Bonchev–Trinajstić information content (AvgIpc) is 3.33. The van der Waals surface area contributed by atoms with E-state index < -0.39 is 41.9 Å². The second-order valence-corrected chi connectivity index (χ2v) is 7.85. The number of thioether (sulfide) groups is 1. The van der Waals surface area contributed by atoms with Gasteiger partial charge >= 0.3 is 12.4 Å². The summed E-state index contributed by atoms with van der Waals surface area (Å²) in [6.45, 7) is 3.08. The number of halogens is 6. The van der Waals surface area contributed by atoms with Crippen LogP contribution < -0.4 is 0 Å². The molecule has 1 aliphatic rings. The quantitative estimate of drug-likeness (QED) is 0.516. The molecular weight excluding hydrogens is 468 g/mol. The molecule has 32 heavy (non-hydrogen) atoms. The van der Waals surface area contributed by atoms with Crippen molar-refractivity contribution < 1.29 is 36.2 Å². The fraction of sp³-hybridized carbons (Fsp3) is 0.562. The van der Waals surface area contributed by atoms with Crippen LogP contribution in [0.5, 0.6) is 0 Å². The number of aryl methyl sites for hydroxylation is 1. The van der Waals surface area contributed by atoms with Crippen LogP contribution in [0.15, 0.2) is 16.3 Å². The molecule has 1 aliphatic heterocycles. The minimum Gasteiger partial charge on any atom is -0.362 e. The Morgan fingerprint density at radius 2 is 1.91 bits per heavy atom. The van der Waals surface area contributed by atoms with Gasteiger partial charge in [-0.05, 0) is 19.9 Å². The lowest BCUT2D eigenvalue weighted by Crippen LogP contribution is -2.57. The highest BCUT2D eigenvalue weighted by Gasteiger charge is 2.62. The summed E-state index contributed by atoms with van der Waals surface area (Å²) in [7, 11) is 1.12. The molecule has 2 aromatic heterocycles. The van der Waals surface area contributed by atoms with Crippen LogP contribution in [0.4, 0.5) is 26.3 Å². The molecule has 3 heterocycles. The zero-order chi connectivity index (χ0) is 24.1. The number of nitrogens with zero attached hydrogens (tertiary/aromatic N) is 7. The van der Waals surface area contributed by atoms with Gasteiger partial charge in [0, 0.05) is 25.7 Å². The van der Waals surface area contributed by atoms with Crippen LogP contribution in [0, 0.1) is 0 Å². The Hall–Kier alpha value is -2.62. The van der Waals surface area contributed by atoms with Gasteiger partial charge in [0.2, 0.25) is 0 Å². The fourth-order valence-electron chi connectivity index (χ4n) is 3.10. The molecule has 176 valence electrons. The third-order valence-electron chi connectivity index (χ3n) is 4.57. The van der Waals surface area contributed by atoms with Gasteiger partial charge < -0.3 is 9.67 Å². The molecule has 16 heteroatoms. The predicted octanol–water partition coefficient (Wildman–Crippen LogP) is 2.67. The van der Waals surface area contributed by atoms with E-state index in [1.54, 1.807) is 6.92 Å². The van der Waals surface area contributed by atoms with Gasteiger partial charge in [-0.3, -0.25) is 9.48 Å². The minimum atomic E-state index is -5.12.